The number of nitrogens with zero attached hydrogens (tertiary/aromatic N) is 3. The molecule has 2 aromatic heterocycles. The maximum atomic E-state index is 12.5. The zero-order chi connectivity index (χ0) is 18.0. The minimum absolute atomic E-state index is 0.0739. The summed E-state index contributed by atoms with van der Waals surface area (Å²) in [6.45, 7) is 4.44. The normalized spacial score (nSPS) is 11.2. The average molecular weight is 421 g/mol. The molecule has 0 bridgehead atoms. The fourth-order valence-corrected chi connectivity index (χ4v) is 3.51. The van der Waals surface area contributed by atoms with Crippen molar-refractivity contribution < 1.29 is 4.79 Å². The van der Waals surface area contributed by atoms with Crippen molar-refractivity contribution in [2.45, 2.75) is 32.9 Å². The first-order valence-electron chi connectivity index (χ1n) is 7.79. The van der Waals surface area contributed by atoms with E-state index in [1.54, 1.807) is 23.5 Å². The number of carbonyl (C=O) groups excluding carboxylic acids is 1. The highest BCUT2D eigenvalue weighted by atomic mass is 79.9. The van der Waals surface area contributed by atoms with Crippen LogP contribution in [0.5, 0.6) is 0 Å². The minimum atomic E-state index is -0.252. The third-order valence-corrected chi connectivity index (χ3v) is 5.32. The van der Waals surface area contributed by atoms with Gasteiger partial charge in [-0.2, -0.15) is 0 Å². The van der Waals surface area contributed by atoms with Gasteiger partial charge in [-0.1, -0.05) is 29.8 Å². The molecule has 3 aromatic rings. The average Bonchev–Trinajstić information content (AvgIpc) is 3.05. The highest BCUT2D eigenvalue weighted by Gasteiger charge is 2.10. The van der Waals surface area contributed by atoms with E-state index in [4.69, 9.17) is 0 Å². The Labute approximate surface area is 157 Å². The summed E-state index contributed by atoms with van der Waals surface area (Å²) in [4.78, 5) is 33.3. The summed E-state index contributed by atoms with van der Waals surface area (Å²) in [5, 5.41) is 6.26. The lowest BCUT2D eigenvalue weighted by atomic mass is 10.2. The standard InChI is InChI=1S/C17H17BrN4O2S/c1-10(2)16-21-12(8-25-16)6-19-15(23)7-22-9-20-14-4-3-11(18)5-13(14)17(22)24/h3-5,8-10H,6-7H2,1-2H3,(H,19,23). The van der Waals surface area contributed by atoms with E-state index in [1.165, 1.54) is 10.9 Å². The van der Waals surface area contributed by atoms with Gasteiger partial charge < -0.3 is 5.32 Å². The Morgan fingerprint density at radius 2 is 2.20 bits per heavy atom. The largest absolute Gasteiger partial charge is 0.349 e. The van der Waals surface area contributed by atoms with E-state index in [0.29, 0.717) is 23.4 Å². The number of rotatable bonds is 5. The van der Waals surface area contributed by atoms with Gasteiger partial charge in [0.05, 0.1) is 34.5 Å². The van der Waals surface area contributed by atoms with Gasteiger partial charge in [-0.3, -0.25) is 14.2 Å². The first kappa shape index (κ1) is 17.8. The lowest BCUT2D eigenvalue weighted by Crippen LogP contribution is -2.32. The third-order valence-electron chi connectivity index (χ3n) is 3.63. The van der Waals surface area contributed by atoms with Crippen molar-refractivity contribution >= 4 is 44.1 Å². The summed E-state index contributed by atoms with van der Waals surface area (Å²) in [5.74, 6) is 0.119. The van der Waals surface area contributed by atoms with Crippen molar-refractivity contribution in [3.63, 3.8) is 0 Å². The van der Waals surface area contributed by atoms with Crippen molar-refractivity contribution in [1.29, 1.82) is 0 Å². The fourth-order valence-electron chi connectivity index (χ4n) is 2.31. The number of halogens is 1. The number of aromatic nitrogens is 3. The summed E-state index contributed by atoms with van der Waals surface area (Å²) in [7, 11) is 0. The SMILES string of the molecule is CC(C)c1nc(CNC(=O)Cn2cnc3ccc(Br)cc3c2=O)cs1. The number of nitrogens with one attached hydrogen (secondary N) is 1. The van der Waals surface area contributed by atoms with Crippen LogP contribution in [-0.4, -0.2) is 20.4 Å². The Kier molecular flexibility index (Phi) is 5.29. The molecule has 25 heavy (non-hydrogen) atoms. The molecule has 0 unspecified atom stereocenters. The smallest absolute Gasteiger partial charge is 0.261 e. The summed E-state index contributed by atoms with van der Waals surface area (Å²) in [6.07, 6.45) is 1.40. The predicted molar refractivity (Wildman–Crippen MR) is 102 cm³/mol. The maximum absolute atomic E-state index is 12.5. The molecule has 0 atom stereocenters. The monoisotopic (exact) mass is 420 g/mol. The van der Waals surface area contributed by atoms with Crippen LogP contribution in [0, 0.1) is 0 Å². The Balaban J connectivity index is 1.69. The predicted octanol–water partition coefficient (Wildman–Crippen LogP) is 3.06. The van der Waals surface area contributed by atoms with Gasteiger partial charge >= 0.3 is 0 Å². The zero-order valence-electron chi connectivity index (χ0n) is 13.8. The van der Waals surface area contributed by atoms with Crippen LogP contribution < -0.4 is 10.9 Å². The molecule has 0 saturated heterocycles. The lowest BCUT2D eigenvalue weighted by Gasteiger charge is -2.07. The van der Waals surface area contributed by atoms with Gasteiger partial charge in [0, 0.05) is 15.8 Å². The van der Waals surface area contributed by atoms with Gasteiger partial charge in [0.1, 0.15) is 6.54 Å². The van der Waals surface area contributed by atoms with Crippen molar-refractivity contribution in [3.05, 3.63) is 55.4 Å². The number of hydrogen-bond donors (Lipinski definition) is 1. The molecule has 0 aliphatic rings. The number of amides is 1. The van der Waals surface area contributed by atoms with Gasteiger partial charge in [0.2, 0.25) is 5.91 Å². The van der Waals surface area contributed by atoms with Crippen molar-refractivity contribution in [2.24, 2.45) is 0 Å². The Morgan fingerprint density at radius 3 is 2.92 bits per heavy atom. The minimum Gasteiger partial charge on any atom is -0.349 e. The van der Waals surface area contributed by atoms with Crippen molar-refractivity contribution in [2.75, 3.05) is 0 Å². The van der Waals surface area contributed by atoms with Crippen LogP contribution in [0.3, 0.4) is 0 Å². The molecule has 1 amide bonds. The molecular weight excluding hydrogens is 404 g/mol. The number of thiazole rings is 1. The quantitative estimate of drug-likeness (QED) is 0.687. The summed E-state index contributed by atoms with van der Waals surface area (Å²) >= 11 is 4.93. The Bertz CT molecular complexity index is 980. The molecule has 6 nitrogen and oxygen atoms in total. The fraction of sp³-hybridized carbons (Fsp3) is 0.294. The molecule has 0 radical (unpaired) electrons. The topological polar surface area (TPSA) is 76.9 Å². The number of carbonyl (C=O) groups is 1. The second-order valence-corrected chi connectivity index (χ2v) is 7.75. The molecule has 0 aliphatic heterocycles. The first-order valence-corrected chi connectivity index (χ1v) is 9.47. The number of benzene rings is 1. The summed E-state index contributed by atoms with van der Waals surface area (Å²) in [5.41, 5.74) is 1.20. The highest BCUT2D eigenvalue weighted by Crippen LogP contribution is 2.19. The molecule has 0 saturated carbocycles. The van der Waals surface area contributed by atoms with E-state index >= 15 is 0 Å². The van der Waals surface area contributed by atoms with Crippen LogP contribution in [0.2, 0.25) is 0 Å². The van der Waals surface area contributed by atoms with E-state index in [-0.39, 0.29) is 18.0 Å². The zero-order valence-corrected chi connectivity index (χ0v) is 16.2. The van der Waals surface area contributed by atoms with Crippen LogP contribution in [0.15, 0.2) is 39.2 Å². The van der Waals surface area contributed by atoms with E-state index in [1.807, 2.05) is 11.4 Å². The van der Waals surface area contributed by atoms with Crippen LogP contribution >= 0.6 is 27.3 Å². The van der Waals surface area contributed by atoms with Gasteiger partial charge in [-0.05, 0) is 18.2 Å². The molecule has 0 fully saturated rings. The second-order valence-electron chi connectivity index (χ2n) is 5.95. The first-order chi connectivity index (χ1) is 11.9. The van der Waals surface area contributed by atoms with Gasteiger partial charge in [0.25, 0.3) is 5.56 Å². The maximum Gasteiger partial charge on any atom is 0.261 e. The van der Waals surface area contributed by atoms with Crippen LogP contribution in [-0.2, 0) is 17.9 Å². The molecule has 3 rings (SSSR count). The highest BCUT2D eigenvalue weighted by molar-refractivity contribution is 9.10. The van der Waals surface area contributed by atoms with Crippen LogP contribution in [0.25, 0.3) is 10.9 Å². The third kappa shape index (κ3) is 4.13. The van der Waals surface area contributed by atoms with E-state index in [2.05, 4.69) is 45.1 Å². The van der Waals surface area contributed by atoms with Gasteiger partial charge in [-0.25, -0.2) is 9.97 Å². The lowest BCUT2D eigenvalue weighted by molar-refractivity contribution is -0.121. The van der Waals surface area contributed by atoms with Gasteiger partial charge in [0.15, 0.2) is 0 Å². The number of hydrogen-bond acceptors (Lipinski definition) is 5. The van der Waals surface area contributed by atoms with E-state index in [0.717, 1.165) is 15.2 Å². The molecule has 130 valence electrons. The molecule has 1 aromatic carbocycles. The Hall–Kier alpha value is -2.06. The molecule has 8 heteroatoms. The van der Waals surface area contributed by atoms with Crippen molar-refractivity contribution in [3.8, 4) is 0 Å². The van der Waals surface area contributed by atoms with E-state index in [9.17, 15) is 9.59 Å². The van der Waals surface area contributed by atoms with Crippen molar-refractivity contribution in [1.82, 2.24) is 19.9 Å². The van der Waals surface area contributed by atoms with Gasteiger partial charge in [-0.15, -0.1) is 11.3 Å². The molecule has 2 heterocycles. The summed E-state index contributed by atoms with van der Waals surface area (Å²) in [6, 6.07) is 5.30. The second kappa shape index (κ2) is 7.45. The molecular formula is C17H17BrN4O2S. The summed E-state index contributed by atoms with van der Waals surface area (Å²) < 4.78 is 2.11. The number of fused-ring (bicyclic) bond motifs is 1. The van der Waals surface area contributed by atoms with Crippen LogP contribution in [0.1, 0.15) is 30.5 Å². The van der Waals surface area contributed by atoms with E-state index < -0.39 is 0 Å². The van der Waals surface area contributed by atoms with Crippen LogP contribution in [0.4, 0.5) is 0 Å². The molecule has 0 spiro atoms. The Morgan fingerprint density at radius 1 is 1.40 bits per heavy atom. The molecule has 0 aliphatic carbocycles. The molecule has 1 N–H and O–H groups in total.